The molecule has 0 saturated heterocycles. The van der Waals surface area contributed by atoms with E-state index in [9.17, 15) is 0 Å². The van der Waals surface area contributed by atoms with Gasteiger partial charge in [0.25, 0.3) is 0 Å². The first kappa shape index (κ1) is 85.7. The third kappa shape index (κ3) is 45700. The molecule has 281 valence electrons. The molecule has 0 aliphatic carbocycles. The Bertz CT molecular complexity index is 1090. The van der Waals surface area contributed by atoms with E-state index >= 15 is 0 Å². The second-order valence-corrected chi connectivity index (χ2v) is 14.0. The number of hydrogen-bond acceptors (Lipinski definition) is 26. The van der Waals surface area contributed by atoms with Gasteiger partial charge in [-0.3, -0.25) is 0 Å². The predicted molar refractivity (Wildman–Crippen MR) is 36.0 cm³/mol. The van der Waals surface area contributed by atoms with E-state index in [-0.39, 0.29) is 68.6 Å². The zero-order valence-electron chi connectivity index (χ0n) is 19.4. The van der Waals surface area contributed by atoms with Crippen LogP contribution in [0.5, 0.6) is 0 Å². The fourth-order valence-corrected chi connectivity index (χ4v) is 0. The van der Waals surface area contributed by atoms with Crippen LogP contribution in [0, 0.1) is 0 Å². The third-order valence-corrected chi connectivity index (χ3v) is 0. The summed E-state index contributed by atoms with van der Waals surface area (Å²) in [4.78, 5) is 0. The summed E-state index contributed by atoms with van der Waals surface area (Å²) in [7, 11) is 0. The molecule has 10 N–H and O–H groups in total. The molecule has 0 unspecified atom stereocenters. The molecule has 0 bridgehead atoms. The van der Waals surface area contributed by atoms with Gasteiger partial charge in [-0.2, -0.15) is 0 Å². The molecule has 0 amide bonds. The van der Waals surface area contributed by atoms with Gasteiger partial charge in [-0.25, -0.2) is 0 Å². The van der Waals surface area contributed by atoms with Gasteiger partial charge in [-0.15, -0.1) is 0 Å². The van der Waals surface area contributed by atoms with Gasteiger partial charge in [-0.05, 0) is 0 Å². The average Bonchev–Trinajstić information content (AvgIpc) is 2.16. The van der Waals surface area contributed by atoms with Crippen LogP contribution < -0.4 is 64.7 Å². The zero-order chi connectivity index (χ0) is 36.0. The molecule has 0 saturated carbocycles. The number of hydrogen-bond donors (Lipinski definition) is 7. The van der Waals surface area contributed by atoms with E-state index in [2.05, 4.69) is 0 Å². The molecule has 0 aromatic heterocycles. The maximum atomic E-state index is 8.82. The van der Waals surface area contributed by atoms with E-state index in [1.807, 2.05) is 0 Å². The van der Waals surface area contributed by atoms with Gasteiger partial charge in [0.2, 0.25) is 0 Å². The average molecular weight is 1400 g/mol. The van der Waals surface area contributed by atoms with E-state index in [1.165, 1.54) is 0 Å². The molecule has 0 rings (SSSR count). The van der Waals surface area contributed by atoms with E-state index in [0.717, 1.165) is 0 Å². The first-order chi connectivity index (χ1) is 16.0. The Morgan fingerprint density at radius 2 is 0.311 bits per heavy atom. The summed E-state index contributed by atoms with van der Waals surface area (Å²) in [5, 5.41) is 0. The Hall–Kier alpha value is 1.37. The van der Waals surface area contributed by atoms with Crippen LogP contribution in [-0.2, 0) is 192 Å². The van der Waals surface area contributed by atoms with Gasteiger partial charge in [0, 0.05) is 0 Å². The molecule has 0 heterocycles. The van der Waals surface area contributed by atoms with Crippen LogP contribution in [0.3, 0.4) is 0 Å². The third-order valence-electron chi connectivity index (χ3n) is 0. The second-order valence-electron chi connectivity index (χ2n) is 3.38. The molecular formula is H10BkBrCr8MgNNbO32-3. The standard InChI is InChI=1S/Bk.BrH.8Cr.Mg.H3N.Nb.6H2O.26O/h;1H;;;;;;;;;;1H3;;6*1H2;;;;;;;;;;;;;;;;;;;;;;;;;;/q;;;;;;;4*+2;;+5;;;;;;;;;;;;;;;;;;;;;;;10*-1/p-6. The van der Waals surface area contributed by atoms with Crippen molar-refractivity contribution in [3.8, 4) is 0 Å². The van der Waals surface area contributed by atoms with Crippen LogP contribution in [0.1, 0.15) is 0 Å². The zero-order valence-corrected chi connectivity index (χ0v) is 37.6. The van der Waals surface area contributed by atoms with Crippen LogP contribution >= 0.6 is 0 Å². The van der Waals surface area contributed by atoms with E-state index < -0.39 is 109 Å². The van der Waals surface area contributed by atoms with Gasteiger partial charge >= 0.3 is 282 Å². The molecule has 0 aromatic carbocycles. The predicted octanol–water partition coefficient (Wildman–Crippen LogP) is -20.2. The minimum absolute atomic E-state index is 0. The molecule has 0 fully saturated rings. The van der Waals surface area contributed by atoms with Crippen molar-refractivity contribution in [2.24, 2.45) is 0 Å². The Morgan fingerprint density at radius 1 is 0.311 bits per heavy atom. The summed E-state index contributed by atoms with van der Waals surface area (Å²) in [6, 6.07) is 0. The van der Waals surface area contributed by atoms with Crippen molar-refractivity contribution >= 4 is 23.1 Å². The van der Waals surface area contributed by atoms with Crippen LogP contribution in [0.2, 0.25) is 0 Å². The summed E-state index contributed by atoms with van der Waals surface area (Å²) >= 11 is -44.5. The van der Waals surface area contributed by atoms with Gasteiger partial charge in [0.15, 0.2) is 0 Å². The van der Waals surface area contributed by atoms with Crippen LogP contribution in [0.15, 0.2) is 0 Å². The molecule has 0 atom stereocenters. The second kappa shape index (κ2) is 36.6. The van der Waals surface area contributed by atoms with Crippen molar-refractivity contribution in [3.63, 3.8) is 0 Å². The molecule has 45 heteroatoms. The molecule has 1 radical (unpaired) electrons. The normalized spacial score (nSPS) is 10.3. The van der Waals surface area contributed by atoms with Gasteiger partial charge in [0.05, 0.1) is 0 Å². The summed E-state index contributed by atoms with van der Waals surface area (Å²) in [5.41, 5.74) is 0. The van der Waals surface area contributed by atoms with Crippen LogP contribution in [-0.4, -0.2) is 48.0 Å². The molecule has 33 nitrogen and oxygen atoms in total. The van der Waals surface area contributed by atoms with E-state index in [4.69, 9.17) is 127 Å². The number of quaternary nitrogens is 1. The number of rotatable bonds is 0. The van der Waals surface area contributed by atoms with Crippen molar-refractivity contribution in [2.45, 2.75) is 0 Å². The summed E-state index contributed by atoms with van der Waals surface area (Å²) in [5.74, 6) is 0. The van der Waals surface area contributed by atoms with Crippen molar-refractivity contribution in [3.05, 3.63) is 0 Å². The van der Waals surface area contributed by atoms with Gasteiger partial charge in [-0.1, -0.05) is 0 Å². The Balaban J connectivity index is -0.0000000233. The van der Waals surface area contributed by atoms with Crippen molar-refractivity contribution < 1.29 is 276 Å². The minimum atomic E-state index is -5.75. The first-order valence-electron chi connectivity index (χ1n) is 5.43. The van der Waals surface area contributed by atoms with Crippen molar-refractivity contribution in [2.75, 3.05) is 0 Å². The Labute approximate surface area is 300 Å². The summed E-state index contributed by atoms with van der Waals surface area (Å²) < 4.78 is 268. The molecular weight excluding hydrogens is 1390 g/mol. The summed E-state index contributed by atoms with van der Waals surface area (Å²) in [6.45, 7) is 0. The van der Waals surface area contributed by atoms with Crippen LogP contribution in [0.4, 0.5) is 0 Å². The van der Waals surface area contributed by atoms with Crippen LogP contribution in [0.25, 0.3) is 0 Å². The van der Waals surface area contributed by atoms with E-state index in [1.54, 1.807) is 0 Å². The Morgan fingerprint density at radius 3 is 0.311 bits per heavy atom. The molecule has 0 spiro atoms. The topological polar surface area (TPSA) is 662 Å². The fourth-order valence-electron chi connectivity index (χ4n) is 0. The van der Waals surface area contributed by atoms with Crippen molar-refractivity contribution in [1.29, 1.82) is 0 Å². The SMILES string of the molecule is [Bk].[Br-].[Mg+2].[NH4+].[Nb+5].[O]=[Cr](=[O])([O-])[O-].[O]=[Cr](=[O])([O-])[O-].[O]=[Cr](=[O])([O-])[O-].[O]=[Cr](=[O])([O-])[O-].[O]=[Cr](=[O])([O-])[O-].[O]=[Cr](=[O])([OH])[OH].[O]=[Cr](=[O])([OH])[OH].[O]=[Cr](=[O])([OH])[OH]. The van der Waals surface area contributed by atoms with E-state index in [0.29, 0.717) is 0 Å². The first-order valence-corrected chi connectivity index (χ1v) is 22.4. The molecule has 0 aliphatic rings. The molecule has 0 aromatic rings. The fraction of sp³-hybridized carbons (Fsp3) is 0. The monoisotopic (exact) mass is 1390 g/mol. The van der Waals surface area contributed by atoms with Crippen molar-refractivity contribution in [1.82, 2.24) is 6.15 Å². The van der Waals surface area contributed by atoms with Gasteiger partial charge in [0.1, 0.15) is 0 Å². The maximum absolute atomic E-state index is 8.82. The number of halogens is 1. The summed E-state index contributed by atoms with van der Waals surface area (Å²) in [6.07, 6.45) is 0. The molecule has 45 heavy (non-hydrogen) atoms. The quantitative estimate of drug-likeness (QED) is 0.111. The molecule has 0 aliphatic heterocycles. The van der Waals surface area contributed by atoms with Gasteiger partial charge < -0.3 is 23.1 Å². The Kier molecular flexibility index (Phi) is 69.8.